The Hall–Kier alpha value is -2.72. The molecule has 150 valence electrons. The van der Waals surface area contributed by atoms with Crippen molar-refractivity contribution in [2.75, 3.05) is 38.2 Å². The highest BCUT2D eigenvalue weighted by atomic mass is 32.2. The van der Waals surface area contributed by atoms with Crippen LogP contribution in [0.3, 0.4) is 0 Å². The third kappa shape index (κ3) is 3.92. The van der Waals surface area contributed by atoms with Crippen LogP contribution in [0.1, 0.15) is 6.42 Å². The first-order valence-electron chi connectivity index (χ1n) is 8.66. The molecular weight excluding hydrogens is 389 g/mol. The molecule has 0 amide bonds. The molecule has 1 heterocycles. The van der Waals surface area contributed by atoms with Crippen LogP contribution in [0.2, 0.25) is 0 Å². The highest BCUT2D eigenvalue weighted by molar-refractivity contribution is 7.89. The lowest BCUT2D eigenvalue weighted by molar-refractivity contribution is -0.384. The Labute approximate surface area is 162 Å². The van der Waals surface area contributed by atoms with E-state index in [1.54, 1.807) is 23.1 Å². The van der Waals surface area contributed by atoms with E-state index in [2.05, 4.69) is 0 Å². The average Bonchev–Trinajstić information content (AvgIpc) is 2.95. The number of anilines is 1. The van der Waals surface area contributed by atoms with Crippen LogP contribution >= 0.6 is 0 Å². The molecule has 0 radical (unpaired) electrons. The monoisotopic (exact) mass is 409 g/mol. The molecule has 1 aliphatic rings. The Bertz CT molecular complexity index is 969. The van der Waals surface area contributed by atoms with Crippen molar-refractivity contribution >= 4 is 21.4 Å². The molecule has 10 heteroatoms. The average molecular weight is 409 g/mol. The van der Waals surface area contributed by atoms with Crippen molar-refractivity contribution in [1.29, 1.82) is 0 Å². The minimum absolute atomic E-state index is 0.0985. The maximum atomic E-state index is 13.9. The SMILES string of the molecule is COc1cc(N2CCCN(S(=O)(=O)c3ccccc3)CC2)c([N+](=O)[O-])cc1F. The molecular formula is C18H20FN3O5S. The lowest BCUT2D eigenvalue weighted by Crippen LogP contribution is -2.35. The van der Waals surface area contributed by atoms with Gasteiger partial charge < -0.3 is 9.64 Å². The summed E-state index contributed by atoms with van der Waals surface area (Å²) in [5.41, 5.74) is -0.167. The van der Waals surface area contributed by atoms with Gasteiger partial charge in [-0.1, -0.05) is 18.2 Å². The first-order valence-corrected chi connectivity index (χ1v) is 10.1. The largest absolute Gasteiger partial charge is 0.494 e. The van der Waals surface area contributed by atoms with Gasteiger partial charge in [0.1, 0.15) is 5.69 Å². The molecule has 0 atom stereocenters. The van der Waals surface area contributed by atoms with Crippen LogP contribution in [0.4, 0.5) is 15.8 Å². The zero-order valence-corrected chi connectivity index (χ0v) is 16.1. The van der Waals surface area contributed by atoms with E-state index in [0.717, 1.165) is 6.07 Å². The lowest BCUT2D eigenvalue weighted by Gasteiger charge is -2.24. The van der Waals surface area contributed by atoms with Gasteiger partial charge in [0.25, 0.3) is 5.69 Å². The van der Waals surface area contributed by atoms with E-state index in [4.69, 9.17) is 4.74 Å². The quantitative estimate of drug-likeness (QED) is 0.557. The van der Waals surface area contributed by atoms with Crippen LogP contribution in [0.5, 0.6) is 5.75 Å². The maximum Gasteiger partial charge on any atom is 0.295 e. The summed E-state index contributed by atoms with van der Waals surface area (Å²) in [6.07, 6.45) is 0.475. The van der Waals surface area contributed by atoms with E-state index in [1.807, 2.05) is 0 Å². The molecule has 28 heavy (non-hydrogen) atoms. The number of halogens is 1. The molecule has 8 nitrogen and oxygen atoms in total. The molecule has 2 aromatic carbocycles. The fourth-order valence-corrected chi connectivity index (χ4v) is 4.70. The predicted octanol–water partition coefficient (Wildman–Crippen LogP) is 2.64. The van der Waals surface area contributed by atoms with Gasteiger partial charge in [0, 0.05) is 32.2 Å². The van der Waals surface area contributed by atoms with Crippen LogP contribution in [-0.2, 0) is 10.0 Å². The summed E-state index contributed by atoms with van der Waals surface area (Å²) in [5, 5.41) is 11.4. The number of ether oxygens (including phenoxy) is 1. The Morgan fingerprint density at radius 2 is 1.82 bits per heavy atom. The number of hydrogen-bond acceptors (Lipinski definition) is 6. The molecule has 2 aromatic rings. The molecule has 0 saturated carbocycles. The topological polar surface area (TPSA) is 93.0 Å². The van der Waals surface area contributed by atoms with Crippen LogP contribution in [0.15, 0.2) is 47.4 Å². The molecule has 1 aliphatic heterocycles. The first-order chi connectivity index (χ1) is 13.3. The molecule has 0 N–H and O–H groups in total. The Morgan fingerprint density at radius 3 is 2.46 bits per heavy atom. The van der Waals surface area contributed by atoms with Crippen molar-refractivity contribution in [2.24, 2.45) is 0 Å². The maximum absolute atomic E-state index is 13.9. The number of benzene rings is 2. The Balaban J connectivity index is 1.87. The van der Waals surface area contributed by atoms with E-state index >= 15 is 0 Å². The van der Waals surface area contributed by atoms with Crippen molar-refractivity contribution < 1.29 is 22.5 Å². The number of rotatable bonds is 5. The van der Waals surface area contributed by atoms with Crippen LogP contribution in [0, 0.1) is 15.9 Å². The van der Waals surface area contributed by atoms with E-state index in [0.29, 0.717) is 19.5 Å². The number of methoxy groups -OCH3 is 1. The zero-order valence-electron chi connectivity index (χ0n) is 15.2. The second kappa shape index (κ2) is 8.11. The normalized spacial score (nSPS) is 15.9. The van der Waals surface area contributed by atoms with Crippen LogP contribution < -0.4 is 9.64 Å². The smallest absolute Gasteiger partial charge is 0.295 e. The second-order valence-electron chi connectivity index (χ2n) is 6.29. The van der Waals surface area contributed by atoms with E-state index in [-0.39, 0.29) is 35.1 Å². The van der Waals surface area contributed by atoms with Gasteiger partial charge in [-0.2, -0.15) is 4.31 Å². The number of nitro benzene ring substituents is 1. The van der Waals surface area contributed by atoms with Crippen molar-refractivity contribution in [2.45, 2.75) is 11.3 Å². The number of nitro groups is 1. The summed E-state index contributed by atoms with van der Waals surface area (Å²) >= 11 is 0. The molecule has 0 unspecified atom stereocenters. The molecule has 1 saturated heterocycles. The number of nitrogens with zero attached hydrogens (tertiary/aromatic N) is 3. The fraction of sp³-hybridized carbons (Fsp3) is 0.333. The van der Waals surface area contributed by atoms with E-state index in [1.165, 1.54) is 29.6 Å². The van der Waals surface area contributed by atoms with Gasteiger partial charge in [0.05, 0.1) is 23.0 Å². The Morgan fingerprint density at radius 1 is 1.11 bits per heavy atom. The van der Waals surface area contributed by atoms with Gasteiger partial charge in [-0.15, -0.1) is 0 Å². The van der Waals surface area contributed by atoms with E-state index in [9.17, 15) is 22.9 Å². The van der Waals surface area contributed by atoms with Crippen LogP contribution in [-0.4, -0.2) is 50.9 Å². The standard InChI is InChI=1S/C18H20FN3O5S/c1-27-18-13-16(17(22(23)24)12-15(18)19)20-8-5-9-21(11-10-20)28(25,26)14-6-3-2-4-7-14/h2-4,6-7,12-13H,5,8-11H2,1H3. The minimum atomic E-state index is -3.65. The first kappa shape index (κ1) is 20.0. The van der Waals surface area contributed by atoms with Crippen molar-refractivity contribution in [1.82, 2.24) is 4.31 Å². The summed E-state index contributed by atoms with van der Waals surface area (Å²) in [6, 6.07) is 10.2. The molecule has 3 rings (SSSR count). The molecule has 0 aliphatic carbocycles. The van der Waals surface area contributed by atoms with E-state index < -0.39 is 20.8 Å². The van der Waals surface area contributed by atoms with Gasteiger partial charge in [0.15, 0.2) is 11.6 Å². The zero-order chi connectivity index (χ0) is 20.3. The molecule has 0 aromatic heterocycles. The molecule has 1 fully saturated rings. The highest BCUT2D eigenvalue weighted by Gasteiger charge is 2.29. The summed E-state index contributed by atoms with van der Waals surface area (Å²) in [7, 11) is -2.37. The van der Waals surface area contributed by atoms with Crippen molar-refractivity contribution in [3.05, 3.63) is 58.4 Å². The lowest BCUT2D eigenvalue weighted by atomic mass is 10.2. The van der Waals surface area contributed by atoms with Gasteiger partial charge in [0.2, 0.25) is 10.0 Å². The van der Waals surface area contributed by atoms with Gasteiger partial charge >= 0.3 is 0 Å². The van der Waals surface area contributed by atoms with Crippen LogP contribution in [0.25, 0.3) is 0 Å². The third-order valence-electron chi connectivity index (χ3n) is 4.62. The fourth-order valence-electron chi connectivity index (χ4n) is 3.20. The van der Waals surface area contributed by atoms with Gasteiger partial charge in [-0.25, -0.2) is 12.8 Å². The minimum Gasteiger partial charge on any atom is -0.494 e. The summed E-state index contributed by atoms with van der Waals surface area (Å²) in [5.74, 6) is -0.917. The molecule has 0 spiro atoms. The summed E-state index contributed by atoms with van der Waals surface area (Å²) in [4.78, 5) is 12.6. The summed E-state index contributed by atoms with van der Waals surface area (Å²) < 4.78 is 45.9. The Kier molecular flexibility index (Phi) is 5.80. The third-order valence-corrected chi connectivity index (χ3v) is 6.54. The van der Waals surface area contributed by atoms with Gasteiger partial charge in [-0.3, -0.25) is 10.1 Å². The second-order valence-corrected chi connectivity index (χ2v) is 8.23. The highest BCUT2D eigenvalue weighted by Crippen LogP contribution is 2.35. The number of hydrogen-bond donors (Lipinski definition) is 0. The predicted molar refractivity (Wildman–Crippen MR) is 102 cm³/mol. The van der Waals surface area contributed by atoms with Gasteiger partial charge in [-0.05, 0) is 18.6 Å². The van der Waals surface area contributed by atoms with Crippen molar-refractivity contribution in [3.8, 4) is 5.75 Å². The summed E-state index contributed by atoms with van der Waals surface area (Å²) in [6.45, 7) is 1.09. The number of sulfonamides is 1. The van der Waals surface area contributed by atoms with Crippen molar-refractivity contribution in [3.63, 3.8) is 0 Å². The molecule has 0 bridgehead atoms.